The number of anilines is 1. The molecule has 152 valence electrons. The number of nitriles is 1. The summed E-state index contributed by atoms with van der Waals surface area (Å²) in [7, 11) is 0. The molecule has 0 aliphatic carbocycles. The highest BCUT2D eigenvalue weighted by Gasteiger charge is 2.18. The zero-order chi connectivity index (χ0) is 20.9. The van der Waals surface area contributed by atoms with Gasteiger partial charge in [0, 0.05) is 30.9 Å². The van der Waals surface area contributed by atoms with E-state index < -0.39 is 0 Å². The summed E-state index contributed by atoms with van der Waals surface area (Å²) in [6, 6.07) is 18.8. The smallest absolute Gasteiger partial charge is 0.273 e. The first-order chi connectivity index (χ1) is 14.7. The molecule has 0 radical (unpaired) electrons. The Morgan fingerprint density at radius 3 is 2.67 bits per heavy atom. The van der Waals surface area contributed by atoms with Crippen molar-refractivity contribution in [3.63, 3.8) is 0 Å². The lowest BCUT2D eigenvalue weighted by molar-refractivity contribution is 0.0277. The number of aryl methyl sites for hydroxylation is 1. The molecule has 7 heteroatoms. The van der Waals surface area contributed by atoms with E-state index in [9.17, 15) is 4.79 Å². The van der Waals surface area contributed by atoms with Gasteiger partial charge in [0.2, 0.25) is 0 Å². The van der Waals surface area contributed by atoms with Gasteiger partial charge in [-0.1, -0.05) is 24.3 Å². The molecule has 0 bridgehead atoms. The fraction of sp³-hybridized carbons (Fsp3) is 0.261. The van der Waals surface area contributed by atoms with Crippen LogP contribution in [0, 0.1) is 11.3 Å². The van der Waals surface area contributed by atoms with E-state index in [4.69, 9.17) is 10.00 Å². The Kier molecular flexibility index (Phi) is 5.89. The fourth-order valence-electron chi connectivity index (χ4n) is 3.45. The van der Waals surface area contributed by atoms with E-state index in [1.54, 1.807) is 22.9 Å². The molecule has 3 aromatic rings. The van der Waals surface area contributed by atoms with Crippen molar-refractivity contribution in [3.05, 3.63) is 71.4 Å². The van der Waals surface area contributed by atoms with Crippen LogP contribution in [0.25, 0.3) is 11.3 Å². The number of carbonyl (C=O) groups excluding carboxylic acids is 1. The average Bonchev–Trinajstić information content (AvgIpc) is 3.25. The van der Waals surface area contributed by atoms with Gasteiger partial charge in [0.15, 0.2) is 0 Å². The Balaban J connectivity index is 1.50. The summed E-state index contributed by atoms with van der Waals surface area (Å²) in [4.78, 5) is 12.9. The van der Waals surface area contributed by atoms with E-state index in [-0.39, 0.29) is 12.0 Å². The summed E-state index contributed by atoms with van der Waals surface area (Å²) >= 11 is 0. The standard InChI is InChI=1S/C23H23N5O2/c1-2-28-21(13-20(27-28)17-5-3-16(14-24)4-6-17)23(29)26-19-9-7-18(8-10-19)22-15-25-11-12-30-22/h3-10,13,22,25H,2,11-12,15H2,1H3,(H,26,29). The Labute approximate surface area is 175 Å². The van der Waals surface area contributed by atoms with Crippen molar-refractivity contribution in [1.29, 1.82) is 5.26 Å². The number of carbonyl (C=O) groups is 1. The predicted octanol–water partition coefficient (Wildman–Crippen LogP) is 3.35. The number of rotatable bonds is 5. The first-order valence-corrected chi connectivity index (χ1v) is 10.00. The zero-order valence-corrected chi connectivity index (χ0v) is 16.8. The van der Waals surface area contributed by atoms with Crippen molar-refractivity contribution in [3.8, 4) is 17.3 Å². The van der Waals surface area contributed by atoms with Gasteiger partial charge in [-0.15, -0.1) is 0 Å². The third-order valence-electron chi connectivity index (χ3n) is 5.09. The van der Waals surface area contributed by atoms with Gasteiger partial charge in [0.05, 0.1) is 30.0 Å². The van der Waals surface area contributed by atoms with E-state index >= 15 is 0 Å². The lowest BCUT2D eigenvalue weighted by atomic mass is 10.1. The van der Waals surface area contributed by atoms with Crippen LogP contribution in [0.1, 0.15) is 34.6 Å². The number of benzene rings is 2. The molecule has 4 rings (SSSR count). The number of hydrogen-bond acceptors (Lipinski definition) is 5. The van der Waals surface area contributed by atoms with Gasteiger partial charge in [-0.2, -0.15) is 10.4 Å². The molecule has 1 aliphatic heterocycles. The van der Waals surface area contributed by atoms with Crippen LogP contribution >= 0.6 is 0 Å². The number of aromatic nitrogens is 2. The highest BCUT2D eigenvalue weighted by Crippen LogP contribution is 2.23. The Hall–Kier alpha value is -3.47. The normalized spacial score (nSPS) is 16.1. The quantitative estimate of drug-likeness (QED) is 0.684. The van der Waals surface area contributed by atoms with Gasteiger partial charge in [-0.25, -0.2) is 0 Å². The summed E-state index contributed by atoms with van der Waals surface area (Å²) in [5.41, 5.74) is 4.44. The number of morpholine rings is 1. The third kappa shape index (κ3) is 4.25. The molecule has 1 fully saturated rings. The number of amides is 1. The number of hydrogen-bond donors (Lipinski definition) is 2. The Bertz CT molecular complexity index is 1060. The summed E-state index contributed by atoms with van der Waals surface area (Å²) in [5, 5.41) is 19.8. The SMILES string of the molecule is CCn1nc(-c2ccc(C#N)cc2)cc1C(=O)Nc1ccc(C2CNCCO2)cc1. The second-order valence-corrected chi connectivity index (χ2v) is 7.06. The van der Waals surface area contributed by atoms with Crippen LogP contribution in [0.3, 0.4) is 0 Å². The summed E-state index contributed by atoms with van der Waals surface area (Å²) in [6.45, 7) is 4.88. The minimum absolute atomic E-state index is 0.0417. The molecule has 1 amide bonds. The van der Waals surface area contributed by atoms with Gasteiger partial charge in [-0.3, -0.25) is 9.48 Å². The molecule has 1 unspecified atom stereocenters. The molecule has 7 nitrogen and oxygen atoms in total. The van der Waals surface area contributed by atoms with Gasteiger partial charge < -0.3 is 15.4 Å². The second-order valence-electron chi connectivity index (χ2n) is 7.06. The van der Waals surface area contributed by atoms with Gasteiger partial charge >= 0.3 is 0 Å². The molecule has 2 heterocycles. The van der Waals surface area contributed by atoms with Crippen LogP contribution in [0.4, 0.5) is 5.69 Å². The molecule has 2 N–H and O–H groups in total. The minimum Gasteiger partial charge on any atom is -0.371 e. The molecule has 0 spiro atoms. The number of nitrogens with one attached hydrogen (secondary N) is 2. The molecular formula is C23H23N5O2. The zero-order valence-electron chi connectivity index (χ0n) is 16.8. The fourth-order valence-corrected chi connectivity index (χ4v) is 3.45. The van der Waals surface area contributed by atoms with Crippen LogP contribution in [0.5, 0.6) is 0 Å². The molecule has 1 aromatic heterocycles. The van der Waals surface area contributed by atoms with E-state index in [1.165, 1.54) is 0 Å². The highest BCUT2D eigenvalue weighted by atomic mass is 16.5. The first-order valence-electron chi connectivity index (χ1n) is 10.00. The Morgan fingerprint density at radius 2 is 2.03 bits per heavy atom. The highest BCUT2D eigenvalue weighted by molar-refractivity contribution is 6.03. The van der Waals surface area contributed by atoms with Crippen molar-refractivity contribution in [2.24, 2.45) is 0 Å². The minimum atomic E-state index is -0.215. The van der Waals surface area contributed by atoms with E-state index in [0.29, 0.717) is 30.1 Å². The van der Waals surface area contributed by atoms with E-state index in [1.807, 2.05) is 43.3 Å². The van der Waals surface area contributed by atoms with E-state index in [2.05, 4.69) is 21.8 Å². The molecular weight excluding hydrogens is 378 g/mol. The molecule has 2 aromatic carbocycles. The number of nitrogens with zero attached hydrogens (tertiary/aromatic N) is 3. The third-order valence-corrected chi connectivity index (χ3v) is 5.09. The topological polar surface area (TPSA) is 92.0 Å². The van der Waals surface area contributed by atoms with Crippen LogP contribution in [0.2, 0.25) is 0 Å². The molecule has 0 saturated carbocycles. The molecule has 1 aliphatic rings. The lowest BCUT2D eigenvalue weighted by Crippen LogP contribution is -2.33. The maximum absolute atomic E-state index is 12.9. The predicted molar refractivity (Wildman–Crippen MR) is 114 cm³/mol. The van der Waals surface area contributed by atoms with Crippen molar-refractivity contribution < 1.29 is 9.53 Å². The first kappa shape index (κ1) is 19.8. The monoisotopic (exact) mass is 401 g/mol. The Morgan fingerprint density at radius 1 is 1.27 bits per heavy atom. The second kappa shape index (κ2) is 8.91. The van der Waals surface area contributed by atoms with Crippen molar-refractivity contribution in [2.75, 3.05) is 25.0 Å². The van der Waals surface area contributed by atoms with Crippen LogP contribution in [-0.2, 0) is 11.3 Å². The van der Waals surface area contributed by atoms with Gasteiger partial charge in [0.1, 0.15) is 5.69 Å². The van der Waals surface area contributed by atoms with Crippen LogP contribution in [0.15, 0.2) is 54.6 Å². The van der Waals surface area contributed by atoms with Gasteiger partial charge in [0.25, 0.3) is 5.91 Å². The molecule has 30 heavy (non-hydrogen) atoms. The lowest BCUT2D eigenvalue weighted by Gasteiger charge is -2.24. The van der Waals surface area contributed by atoms with Gasteiger partial charge in [-0.05, 0) is 42.8 Å². The van der Waals surface area contributed by atoms with Crippen molar-refractivity contribution in [1.82, 2.24) is 15.1 Å². The van der Waals surface area contributed by atoms with E-state index in [0.717, 1.165) is 29.9 Å². The van der Waals surface area contributed by atoms with Crippen molar-refractivity contribution >= 4 is 11.6 Å². The largest absolute Gasteiger partial charge is 0.371 e. The molecule has 1 saturated heterocycles. The average molecular weight is 401 g/mol. The summed E-state index contributed by atoms with van der Waals surface area (Å²) in [5.74, 6) is -0.215. The number of ether oxygens (including phenoxy) is 1. The van der Waals surface area contributed by atoms with Crippen molar-refractivity contribution in [2.45, 2.75) is 19.6 Å². The summed E-state index contributed by atoms with van der Waals surface area (Å²) < 4.78 is 7.44. The maximum Gasteiger partial charge on any atom is 0.273 e. The maximum atomic E-state index is 12.9. The molecule has 1 atom stereocenters. The van der Waals surface area contributed by atoms with Crippen LogP contribution in [-0.4, -0.2) is 35.4 Å². The summed E-state index contributed by atoms with van der Waals surface area (Å²) in [6.07, 6.45) is 0.0417. The van der Waals surface area contributed by atoms with Crippen LogP contribution < -0.4 is 10.6 Å².